The number of para-hydroxylation sites is 1. The number of hydrogen-bond acceptors (Lipinski definition) is 2. The summed E-state index contributed by atoms with van der Waals surface area (Å²) >= 11 is 1.93. The van der Waals surface area contributed by atoms with Crippen LogP contribution in [0.5, 0.6) is 0 Å². The predicted octanol–water partition coefficient (Wildman–Crippen LogP) is 3.11. The lowest BCUT2D eigenvalue weighted by molar-refractivity contribution is -0.122. The van der Waals surface area contributed by atoms with E-state index in [2.05, 4.69) is 25.1 Å². The van der Waals surface area contributed by atoms with Crippen molar-refractivity contribution in [3.63, 3.8) is 0 Å². The van der Waals surface area contributed by atoms with Crippen molar-refractivity contribution in [1.82, 2.24) is 0 Å². The number of carbonyl (C=O) groups excluding carboxylic acids is 1. The lowest BCUT2D eigenvalue weighted by Gasteiger charge is -2.29. The van der Waals surface area contributed by atoms with Gasteiger partial charge in [0.1, 0.15) is 0 Å². The first-order valence-corrected chi connectivity index (χ1v) is 7.91. The third-order valence-electron chi connectivity index (χ3n) is 3.95. The third kappa shape index (κ3) is 2.05. The highest BCUT2D eigenvalue weighted by molar-refractivity contribution is 7.99. The van der Waals surface area contributed by atoms with Gasteiger partial charge in [0, 0.05) is 23.4 Å². The van der Waals surface area contributed by atoms with Gasteiger partial charge >= 0.3 is 0 Å². The summed E-state index contributed by atoms with van der Waals surface area (Å²) in [5, 5.41) is 0. The number of amides is 1. The van der Waals surface area contributed by atoms with E-state index in [0.717, 1.165) is 24.3 Å². The average molecular weight is 261 g/mol. The Bertz CT molecular complexity index is 454. The molecule has 0 radical (unpaired) electrons. The van der Waals surface area contributed by atoms with Crippen LogP contribution in [0.2, 0.25) is 0 Å². The molecule has 0 spiro atoms. The Kier molecular flexibility index (Phi) is 3.33. The van der Waals surface area contributed by atoms with Gasteiger partial charge in [-0.2, -0.15) is 11.8 Å². The second-order valence-corrected chi connectivity index (χ2v) is 6.45. The quantitative estimate of drug-likeness (QED) is 0.774. The van der Waals surface area contributed by atoms with Gasteiger partial charge in [0.05, 0.1) is 0 Å². The van der Waals surface area contributed by atoms with Crippen molar-refractivity contribution in [2.45, 2.75) is 32.2 Å². The minimum Gasteiger partial charge on any atom is -0.309 e. The predicted molar refractivity (Wildman–Crippen MR) is 77.1 cm³/mol. The van der Waals surface area contributed by atoms with E-state index in [0.29, 0.717) is 11.9 Å². The topological polar surface area (TPSA) is 20.3 Å². The largest absolute Gasteiger partial charge is 0.309 e. The van der Waals surface area contributed by atoms with Crippen LogP contribution in [0.4, 0.5) is 5.69 Å². The molecule has 3 rings (SSSR count). The summed E-state index contributed by atoms with van der Waals surface area (Å²) in [5.41, 5.74) is 2.47. The second kappa shape index (κ2) is 4.96. The van der Waals surface area contributed by atoms with E-state index in [1.54, 1.807) is 0 Å². The smallest absolute Gasteiger partial charge is 0.231 e. The van der Waals surface area contributed by atoms with Crippen LogP contribution in [0.3, 0.4) is 0 Å². The summed E-state index contributed by atoms with van der Waals surface area (Å²) < 4.78 is 0. The first-order chi connectivity index (χ1) is 8.77. The molecule has 18 heavy (non-hydrogen) atoms. The normalized spacial score (nSPS) is 27.1. The maximum atomic E-state index is 12.7. The molecule has 1 amide bonds. The van der Waals surface area contributed by atoms with Crippen LogP contribution in [-0.2, 0) is 11.2 Å². The van der Waals surface area contributed by atoms with Crippen LogP contribution in [0.25, 0.3) is 0 Å². The lowest BCUT2D eigenvalue weighted by atomic mass is 10.0. The van der Waals surface area contributed by atoms with E-state index in [-0.39, 0.29) is 5.92 Å². The van der Waals surface area contributed by atoms with Gasteiger partial charge in [-0.1, -0.05) is 18.2 Å². The number of rotatable bonds is 1. The first kappa shape index (κ1) is 12.1. The fraction of sp³-hybridized carbons (Fsp3) is 0.533. The van der Waals surface area contributed by atoms with Crippen molar-refractivity contribution >= 4 is 23.4 Å². The molecule has 1 aromatic carbocycles. The molecule has 2 heterocycles. The Labute approximate surface area is 113 Å². The highest BCUT2D eigenvalue weighted by Gasteiger charge is 2.34. The Hall–Kier alpha value is -0.960. The summed E-state index contributed by atoms with van der Waals surface area (Å²) in [6.07, 6.45) is 3.25. The number of anilines is 1. The third-order valence-corrected chi connectivity index (χ3v) is 5.17. The molecule has 0 aliphatic carbocycles. The molecule has 1 fully saturated rings. The van der Waals surface area contributed by atoms with E-state index < -0.39 is 0 Å². The van der Waals surface area contributed by atoms with Crippen LogP contribution in [0.1, 0.15) is 25.3 Å². The molecule has 96 valence electrons. The maximum Gasteiger partial charge on any atom is 0.231 e. The van der Waals surface area contributed by atoms with Crippen molar-refractivity contribution < 1.29 is 4.79 Å². The second-order valence-electron chi connectivity index (χ2n) is 5.30. The lowest BCUT2D eigenvalue weighted by Crippen LogP contribution is -2.41. The van der Waals surface area contributed by atoms with E-state index >= 15 is 0 Å². The highest BCUT2D eigenvalue weighted by Crippen LogP contribution is 2.35. The molecular weight excluding hydrogens is 242 g/mol. The number of carbonyl (C=O) groups is 1. The number of thioether (sulfide) groups is 1. The number of fused-ring (bicyclic) bond motifs is 1. The number of benzene rings is 1. The van der Waals surface area contributed by atoms with Crippen LogP contribution in [-0.4, -0.2) is 23.5 Å². The van der Waals surface area contributed by atoms with Gasteiger partial charge in [0.15, 0.2) is 0 Å². The fourth-order valence-electron chi connectivity index (χ4n) is 3.03. The van der Waals surface area contributed by atoms with E-state index in [1.165, 1.54) is 17.7 Å². The fourth-order valence-corrected chi connectivity index (χ4v) is 4.16. The van der Waals surface area contributed by atoms with Crippen molar-refractivity contribution in [3.05, 3.63) is 29.8 Å². The monoisotopic (exact) mass is 261 g/mol. The molecule has 2 nitrogen and oxygen atoms in total. The van der Waals surface area contributed by atoms with E-state index in [4.69, 9.17) is 0 Å². The summed E-state index contributed by atoms with van der Waals surface area (Å²) in [7, 11) is 0. The SMILES string of the molecule is CC1Cc2ccccc2N1C(=O)C1CCCSC1. The Morgan fingerprint density at radius 2 is 2.22 bits per heavy atom. The Balaban J connectivity index is 1.85. The van der Waals surface area contributed by atoms with E-state index in [9.17, 15) is 4.79 Å². The van der Waals surface area contributed by atoms with Crippen LogP contribution in [0.15, 0.2) is 24.3 Å². The van der Waals surface area contributed by atoms with Crippen molar-refractivity contribution in [1.29, 1.82) is 0 Å². The number of nitrogens with zero attached hydrogens (tertiary/aromatic N) is 1. The Morgan fingerprint density at radius 1 is 1.39 bits per heavy atom. The van der Waals surface area contributed by atoms with Gasteiger partial charge in [-0.25, -0.2) is 0 Å². The minimum atomic E-state index is 0.234. The molecule has 3 heteroatoms. The van der Waals surface area contributed by atoms with Crippen LogP contribution < -0.4 is 4.90 Å². The average Bonchev–Trinajstić information content (AvgIpc) is 2.75. The van der Waals surface area contributed by atoms with Gasteiger partial charge in [-0.3, -0.25) is 4.79 Å². The molecule has 2 aliphatic heterocycles. The zero-order valence-corrected chi connectivity index (χ0v) is 11.6. The molecule has 1 saturated heterocycles. The zero-order chi connectivity index (χ0) is 12.5. The molecule has 0 bridgehead atoms. The molecule has 2 aliphatic rings. The molecule has 0 N–H and O–H groups in total. The molecule has 0 aromatic heterocycles. The summed E-state index contributed by atoms with van der Waals surface area (Å²) in [6.45, 7) is 2.16. The van der Waals surface area contributed by atoms with Crippen molar-refractivity contribution in [3.8, 4) is 0 Å². The molecule has 1 aromatic rings. The first-order valence-electron chi connectivity index (χ1n) is 6.76. The minimum absolute atomic E-state index is 0.234. The maximum absolute atomic E-state index is 12.7. The molecule has 0 saturated carbocycles. The van der Waals surface area contributed by atoms with Crippen molar-refractivity contribution in [2.24, 2.45) is 5.92 Å². The number of hydrogen-bond donors (Lipinski definition) is 0. The van der Waals surface area contributed by atoms with Gasteiger partial charge in [-0.15, -0.1) is 0 Å². The highest BCUT2D eigenvalue weighted by atomic mass is 32.2. The van der Waals surface area contributed by atoms with Gasteiger partial charge in [-0.05, 0) is 43.6 Å². The van der Waals surface area contributed by atoms with Crippen molar-refractivity contribution in [2.75, 3.05) is 16.4 Å². The summed E-state index contributed by atoms with van der Waals surface area (Å²) in [5.74, 6) is 2.80. The molecule has 2 unspecified atom stereocenters. The van der Waals surface area contributed by atoms with Crippen LogP contribution >= 0.6 is 11.8 Å². The Morgan fingerprint density at radius 3 is 3.00 bits per heavy atom. The van der Waals surface area contributed by atoms with Gasteiger partial charge in [0.25, 0.3) is 0 Å². The molecule has 2 atom stereocenters. The van der Waals surface area contributed by atoms with Gasteiger partial charge < -0.3 is 4.90 Å². The van der Waals surface area contributed by atoms with E-state index in [1.807, 2.05) is 22.7 Å². The summed E-state index contributed by atoms with van der Waals surface area (Å²) in [6, 6.07) is 8.66. The van der Waals surface area contributed by atoms with Gasteiger partial charge in [0.2, 0.25) is 5.91 Å². The van der Waals surface area contributed by atoms with Crippen LogP contribution in [0, 0.1) is 5.92 Å². The molecular formula is C15H19NOS. The zero-order valence-electron chi connectivity index (χ0n) is 10.8. The summed E-state index contributed by atoms with van der Waals surface area (Å²) in [4.78, 5) is 14.7. The standard InChI is InChI=1S/C15H19NOS/c1-11-9-12-5-2-3-7-14(12)16(11)15(17)13-6-4-8-18-10-13/h2-3,5,7,11,13H,4,6,8-10H2,1H3.